The highest BCUT2D eigenvalue weighted by atomic mass is 32.2. The minimum atomic E-state index is -3.37. The lowest BCUT2D eigenvalue weighted by Crippen LogP contribution is -2.33. The smallest absolute Gasteiger partial charge is 0.232 e. The fourth-order valence-corrected chi connectivity index (χ4v) is 4.97. The Kier molecular flexibility index (Phi) is 8.52. The molecule has 1 aromatic carbocycles. The maximum atomic E-state index is 12.9. The zero-order chi connectivity index (χ0) is 21.4. The molecule has 6 nitrogen and oxygen atoms in total. The van der Waals surface area contributed by atoms with Crippen LogP contribution in [0, 0.1) is 0 Å². The molecular weight excluding hydrogens is 406 g/mol. The van der Waals surface area contributed by atoms with Crippen LogP contribution in [0.25, 0.3) is 0 Å². The van der Waals surface area contributed by atoms with E-state index in [2.05, 4.69) is 4.72 Å². The van der Waals surface area contributed by atoms with Gasteiger partial charge in [0.25, 0.3) is 0 Å². The molecule has 0 aliphatic rings. The van der Waals surface area contributed by atoms with Crippen LogP contribution in [0.3, 0.4) is 0 Å². The summed E-state index contributed by atoms with van der Waals surface area (Å²) in [5.74, 6) is 0.162. The number of thiophene rings is 1. The van der Waals surface area contributed by atoms with Crippen molar-refractivity contribution < 1.29 is 13.2 Å². The minimum Gasteiger partial charge on any atom is -0.377 e. The molecule has 1 heterocycles. The monoisotopic (exact) mass is 437 g/mol. The molecule has 0 saturated carbocycles. The van der Waals surface area contributed by atoms with Crippen molar-refractivity contribution in [1.82, 2.24) is 4.90 Å². The van der Waals surface area contributed by atoms with Crippen LogP contribution in [-0.4, -0.2) is 45.6 Å². The van der Waals surface area contributed by atoms with Crippen molar-refractivity contribution in [3.05, 3.63) is 46.2 Å². The van der Waals surface area contributed by atoms with Gasteiger partial charge in [-0.15, -0.1) is 11.3 Å². The second-order valence-corrected chi connectivity index (χ2v) is 10.1. The maximum Gasteiger partial charge on any atom is 0.232 e. The highest BCUT2D eigenvalue weighted by Gasteiger charge is 2.18. The average Bonchev–Trinajstić information content (AvgIpc) is 3.13. The Bertz CT molecular complexity index is 894. The molecule has 0 fully saturated rings. The number of anilines is 2. The van der Waals surface area contributed by atoms with Gasteiger partial charge in [0.05, 0.1) is 12.2 Å². The third-order valence-electron chi connectivity index (χ3n) is 4.42. The van der Waals surface area contributed by atoms with E-state index in [0.29, 0.717) is 31.6 Å². The van der Waals surface area contributed by atoms with Gasteiger partial charge in [0.2, 0.25) is 15.9 Å². The molecule has 1 N–H and O–H groups in total. The highest BCUT2D eigenvalue weighted by Crippen LogP contribution is 2.26. The van der Waals surface area contributed by atoms with Gasteiger partial charge in [-0.25, -0.2) is 8.42 Å². The van der Waals surface area contributed by atoms with Crippen molar-refractivity contribution in [1.29, 1.82) is 0 Å². The van der Waals surface area contributed by atoms with E-state index in [1.165, 1.54) is 0 Å². The van der Waals surface area contributed by atoms with Gasteiger partial charge < -0.3 is 9.80 Å². The second-order valence-electron chi connectivity index (χ2n) is 7.23. The van der Waals surface area contributed by atoms with Crippen molar-refractivity contribution in [2.24, 2.45) is 0 Å². The number of nitrogens with one attached hydrogen (secondary N) is 1. The van der Waals surface area contributed by atoms with Crippen molar-refractivity contribution in [3.63, 3.8) is 0 Å². The average molecular weight is 438 g/mol. The lowest BCUT2D eigenvalue weighted by atomic mass is 10.1. The number of benzene rings is 1. The Morgan fingerprint density at radius 2 is 1.90 bits per heavy atom. The topological polar surface area (TPSA) is 69.7 Å². The SMILES string of the molecule is CCCN(Cc1cc(NS(=O)(=O)CCC)ccc1N(C)C)C(=O)Cc1cccs1. The van der Waals surface area contributed by atoms with Crippen LogP contribution in [0.4, 0.5) is 11.4 Å². The molecule has 160 valence electrons. The van der Waals surface area contributed by atoms with Gasteiger partial charge in [-0.3, -0.25) is 9.52 Å². The Morgan fingerprint density at radius 1 is 1.14 bits per heavy atom. The Balaban J connectivity index is 2.27. The van der Waals surface area contributed by atoms with Crippen molar-refractivity contribution in [3.8, 4) is 0 Å². The summed E-state index contributed by atoms with van der Waals surface area (Å²) in [5, 5.41) is 1.98. The molecule has 0 unspecified atom stereocenters. The predicted octanol–water partition coefficient (Wildman–Crippen LogP) is 3.95. The molecule has 29 heavy (non-hydrogen) atoms. The first-order valence-electron chi connectivity index (χ1n) is 9.86. The van der Waals surface area contributed by atoms with E-state index < -0.39 is 10.0 Å². The molecule has 8 heteroatoms. The molecule has 0 aliphatic carbocycles. The van der Waals surface area contributed by atoms with E-state index in [1.54, 1.807) is 17.4 Å². The summed E-state index contributed by atoms with van der Waals surface area (Å²) < 4.78 is 27.0. The third kappa shape index (κ3) is 7.04. The first-order chi connectivity index (χ1) is 13.8. The largest absolute Gasteiger partial charge is 0.377 e. The lowest BCUT2D eigenvalue weighted by Gasteiger charge is -2.26. The second kappa shape index (κ2) is 10.6. The Hall–Kier alpha value is -2.06. The highest BCUT2D eigenvalue weighted by molar-refractivity contribution is 7.92. The van der Waals surface area contributed by atoms with E-state index in [0.717, 1.165) is 22.5 Å². The van der Waals surface area contributed by atoms with Gasteiger partial charge in [0.15, 0.2) is 0 Å². The number of sulfonamides is 1. The summed E-state index contributed by atoms with van der Waals surface area (Å²) >= 11 is 1.58. The number of rotatable bonds is 11. The van der Waals surface area contributed by atoms with E-state index in [1.807, 2.05) is 67.4 Å². The standard InChI is InChI=1S/C21H31N3O3S2/c1-5-11-24(21(25)15-19-8-7-12-28-19)16-17-14-18(9-10-20(17)23(3)4)22-29(26,27)13-6-2/h7-10,12,14,22H,5-6,11,13,15-16H2,1-4H3. The zero-order valence-corrected chi connectivity index (χ0v) is 19.3. The summed E-state index contributed by atoms with van der Waals surface area (Å²) in [4.78, 5) is 17.8. The summed E-state index contributed by atoms with van der Waals surface area (Å²) in [5.41, 5.74) is 2.41. The number of hydrogen-bond donors (Lipinski definition) is 1. The number of nitrogens with zero attached hydrogens (tertiary/aromatic N) is 2. The van der Waals surface area contributed by atoms with Crippen LogP contribution in [0.15, 0.2) is 35.7 Å². The van der Waals surface area contributed by atoms with E-state index >= 15 is 0 Å². The molecular formula is C21H31N3O3S2. The van der Waals surface area contributed by atoms with E-state index in [4.69, 9.17) is 0 Å². The van der Waals surface area contributed by atoms with Gasteiger partial charge in [-0.1, -0.05) is 19.9 Å². The molecule has 0 bridgehead atoms. The van der Waals surface area contributed by atoms with Crippen LogP contribution >= 0.6 is 11.3 Å². The molecule has 2 aromatic rings. The maximum absolute atomic E-state index is 12.9. The first kappa shape index (κ1) is 23.2. The molecule has 0 radical (unpaired) electrons. The summed E-state index contributed by atoms with van der Waals surface area (Å²) in [7, 11) is 0.517. The fourth-order valence-electron chi connectivity index (χ4n) is 3.15. The van der Waals surface area contributed by atoms with Crippen LogP contribution in [0.5, 0.6) is 0 Å². The molecule has 0 spiro atoms. The predicted molar refractivity (Wildman–Crippen MR) is 122 cm³/mol. The van der Waals surface area contributed by atoms with Crippen molar-refractivity contribution in [2.75, 3.05) is 36.0 Å². The number of amides is 1. The molecule has 0 atom stereocenters. The fraction of sp³-hybridized carbons (Fsp3) is 0.476. The van der Waals surface area contributed by atoms with E-state index in [-0.39, 0.29) is 11.7 Å². The van der Waals surface area contributed by atoms with Gasteiger partial charge in [-0.2, -0.15) is 0 Å². The zero-order valence-electron chi connectivity index (χ0n) is 17.6. The summed E-state index contributed by atoms with van der Waals surface area (Å²) in [6, 6.07) is 9.43. The molecule has 2 rings (SSSR count). The van der Waals surface area contributed by atoms with Crippen LogP contribution in [0.1, 0.15) is 37.1 Å². The molecule has 1 amide bonds. The summed E-state index contributed by atoms with van der Waals surface area (Å²) in [6.45, 7) is 4.98. The molecule has 1 aromatic heterocycles. The number of carbonyl (C=O) groups excluding carboxylic acids is 1. The summed E-state index contributed by atoms with van der Waals surface area (Å²) in [6.07, 6.45) is 1.80. The first-order valence-corrected chi connectivity index (χ1v) is 12.4. The van der Waals surface area contributed by atoms with Crippen LogP contribution in [0.2, 0.25) is 0 Å². The van der Waals surface area contributed by atoms with E-state index in [9.17, 15) is 13.2 Å². The quantitative estimate of drug-likeness (QED) is 0.578. The van der Waals surface area contributed by atoms with Crippen molar-refractivity contribution >= 4 is 38.6 Å². The Morgan fingerprint density at radius 3 is 2.48 bits per heavy atom. The van der Waals surface area contributed by atoms with Gasteiger partial charge in [0.1, 0.15) is 0 Å². The van der Waals surface area contributed by atoms with Crippen molar-refractivity contribution in [2.45, 2.75) is 39.7 Å². The third-order valence-corrected chi connectivity index (χ3v) is 6.79. The molecule has 0 saturated heterocycles. The number of hydrogen-bond acceptors (Lipinski definition) is 5. The van der Waals surface area contributed by atoms with Crippen LogP contribution in [-0.2, 0) is 27.8 Å². The number of carbonyl (C=O) groups is 1. The van der Waals surface area contributed by atoms with Gasteiger partial charge >= 0.3 is 0 Å². The Labute approximate surface area is 178 Å². The van der Waals surface area contributed by atoms with Crippen LogP contribution < -0.4 is 9.62 Å². The minimum absolute atomic E-state index is 0.0796. The normalized spacial score (nSPS) is 11.3. The lowest BCUT2D eigenvalue weighted by molar-refractivity contribution is -0.131. The molecule has 0 aliphatic heterocycles. The van der Waals surface area contributed by atoms with Gasteiger partial charge in [-0.05, 0) is 48.1 Å². The van der Waals surface area contributed by atoms with Gasteiger partial charge in [0, 0.05) is 43.4 Å².